The van der Waals surface area contributed by atoms with E-state index in [0.717, 1.165) is 16.7 Å². The molecular formula is C12H9N2O3S2. The van der Waals surface area contributed by atoms with Crippen LogP contribution in [-0.2, 0) is 14.6 Å². The summed E-state index contributed by atoms with van der Waals surface area (Å²) in [6.07, 6.45) is 1.58. The molecule has 1 heterocycles. The summed E-state index contributed by atoms with van der Waals surface area (Å²) in [5.74, 6) is 0. The Morgan fingerprint density at radius 1 is 1.32 bits per heavy atom. The van der Waals surface area contributed by atoms with Gasteiger partial charge in [0.1, 0.15) is 0 Å². The average molecular weight is 293 g/mol. The van der Waals surface area contributed by atoms with E-state index in [9.17, 15) is 13.2 Å². The van der Waals surface area contributed by atoms with Crippen LogP contribution in [0.25, 0.3) is 5.57 Å². The molecule has 1 radical (unpaired) electrons. The van der Waals surface area contributed by atoms with Crippen molar-refractivity contribution >= 4 is 38.2 Å². The summed E-state index contributed by atoms with van der Waals surface area (Å²) in [6.45, 7) is 0. The number of anilines is 1. The number of allylic oxidation sites excluding steroid dienone is 1. The van der Waals surface area contributed by atoms with Crippen LogP contribution in [0.5, 0.6) is 0 Å². The SMILES string of the molecule is Nc1nc(/C([C]=O)=C/S(=O)(=O)c2ccccc2)cs1. The van der Waals surface area contributed by atoms with Gasteiger partial charge in [-0.05, 0) is 12.1 Å². The predicted octanol–water partition coefficient (Wildman–Crippen LogP) is 1.65. The lowest BCUT2D eigenvalue weighted by molar-refractivity contribution is 0.565. The van der Waals surface area contributed by atoms with Gasteiger partial charge in [0.25, 0.3) is 0 Å². The zero-order valence-electron chi connectivity index (χ0n) is 9.61. The fourth-order valence-corrected chi connectivity index (χ4v) is 3.10. The molecule has 0 atom stereocenters. The third-order valence-electron chi connectivity index (χ3n) is 2.25. The van der Waals surface area contributed by atoms with E-state index in [4.69, 9.17) is 5.73 Å². The van der Waals surface area contributed by atoms with Crippen molar-refractivity contribution in [3.63, 3.8) is 0 Å². The number of hydrogen-bond acceptors (Lipinski definition) is 6. The molecule has 97 valence electrons. The summed E-state index contributed by atoms with van der Waals surface area (Å²) >= 11 is 1.12. The predicted molar refractivity (Wildman–Crippen MR) is 73.8 cm³/mol. The van der Waals surface area contributed by atoms with Gasteiger partial charge in [-0.2, -0.15) is 0 Å². The van der Waals surface area contributed by atoms with Gasteiger partial charge in [-0.25, -0.2) is 13.4 Å². The van der Waals surface area contributed by atoms with E-state index in [2.05, 4.69) is 4.98 Å². The molecule has 2 aromatic rings. The molecule has 0 amide bonds. The number of sulfone groups is 1. The highest BCUT2D eigenvalue weighted by molar-refractivity contribution is 7.94. The van der Waals surface area contributed by atoms with Crippen LogP contribution < -0.4 is 5.73 Å². The molecule has 0 saturated carbocycles. The van der Waals surface area contributed by atoms with E-state index >= 15 is 0 Å². The number of aromatic nitrogens is 1. The Bertz CT molecular complexity index is 718. The lowest BCUT2D eigenvalue weighted by Crippen LogP contribution is -1.99. The van der Waals surface area contributed by atoms with E-state index in [1.165, 1.54) is 17.5 Å². The number of rotatable bonds is 4. The van der Waals surface area contributed by atoms with Gasteiger partial charge in [0.05, 0.1) is 16.2 Å². The molecule has 5 nitrogen and oxygen atoms in total. The Balaban J connectivity index is 2.46. The van der Waals surface area contributed by atoms with Gasteiger partial charge >= 0.3 is 0 Å². The fourth-order valence-electron chi connectivity index (χ4n) is 1.38. The van der Waals surface area contributed by atoms with E-state index in [1.54, 1.807) is 24.5 Å². The van der Waals surface area contributed by atoms with Gasteiger partial charge in [-0.1, -0.05) is 18.2 Å². The number of benzene rings is 1. The molecule has 1 aromatic carbocycles. The molecule has 0 unspecified atom stereocenters. The topological polar surface area (TPSA) is 90.1 Å². The maximum Gasteiger partial charge on any atom is 0.236 e. The minimum Gasteiger partial charge on any atom is -0.375 e. The van der Waals surface area contributed by atoms with Crippen molar-refractivity contribution in [1.29, 1.82) is 0 Å². The highest BCUT2D eigenvalue weighted by Crippen LogP contribution is 2.21. The van der Waals surface area contributed by atoms with Crippen molar-refractivity contribution in [2.45, 2.75) is 4.90 Å². The molecule has 19 heavy (non-hydrogen) atoms. The number of hydrogen-bond donors (Lipinski definition) is 1. The number of nitrogens with two attached hydrogens (primary N) is 1. The van der Waals surface area contributed by atoms with Crippen LogP contribution in [0, 0.1) is 0 Å². The second-order valence-corrected chi connectivity index (χ2v) is 6.25. The Labute approximate surface area is 114 Å². The highest BCUT2D eigenvalue weighted by atomic mass is 32.2. The smallest absolute Gasteiger partial charge is 0.236 e. The fraction of sp³-hybridized carbons (Fsp3) is 0. The summed E-state index contributed by atoms with van der Waals surface area (Å²) in [7, 11) is -3.71. The average Bonchev–Trinajstić information content (AvgIpc) is 2.84. The summed E-state index contributed by atoms with van der Waals surface area (Å²) in [6, 6.07) is 7.81. The number of nitrogens with zero attached hydrogens (tertiary/aromatic N) is 1. The van der Waals surface area contributed by atoms with Gasteiger partial charge in [0, 0.05) is 10.8 Å². The third kappa shape index (κ3) is 3.07. The summed E-state index contributed by atoms with van der Waals surface area (Å²) < 4.78 is 24.1. The summed E-state index contributed by atoms with van der Waals surface area (Å²) in [5.41, 5.74) is 5.51. The Kier molecular flexibility index (Phi) is 3.77. The Morgan fingerprint density at radius 3 is 2.53 bits per heavy atom. The first-order chi connectivity index (χ1) is 9.03. The first-order valence-corrected chi connectivity index (χ1v) is 7.57. The monoisotopic (exact) mass is 293 g/mol. The molecule has 0 aliphatic heterocycles. The Morgan fingerprint density at radius 2 is 2.00 bits per heavy atom. The second kappa shape index (κ2) is 5.33. The molecule has 0 spiro atoms. The lowest BCUT2D eigenvalue weighted by Gasteiger charge is -1.99. The van der Waals surface area contributed by atoms with Gasteiger partial charge in [-0.3, -0.25) is 4.79 Å². The maximum absolute atomic E-state index is 12.1. The minimum atomic E-state index is -3.71. The second-order valence-electron chi connectivity index (χ2n) is 3.56. The molecule has 0 fully saturated rings. The standard InChI is InChI=1S/C12H9N2O3S2/c13-12-14-11(7-18-12)9(6-15)8-19(16,17)10-4-2-1-3-5-10/h1-5,7-8H,(H2,13,14)/b9-8+. The van der Waals surface area contributed by atoms with Crippen molar-refractivity contribution in [3.8, 4) is 0 Å². The minimum absolute atomic E-state index is 0.103. The quantitative estimate of drug-likeness (QED) is 0.866. The molecular weight excluding hydrogens is 284 g/mol. The summed E-state index contributed by atoms with van der Waals surface area (Å²) in [5, 5.41) is 2.62. The van der Waals surface area contributed by atoms with Gasteiger partial charge in [0.2, 0.25) is 16.1 Å². The van der Waals surface area contributed by atoms with Crippen molar-refractivity contribution in [1.82, 2.24) is 4.98 Å². The molecule has 7 heteroatoms. The van der Waals surface area contributed by atoms with E-state index in [0.29, 0.717) is 0 Å². The van der Waals surface area contributed by atoms with Gasteiger partial charge in [-0.15, -0.1) is 11.3 Å². The molecule has 0 bridgehead atoms. The van der Waals surface area contributed by atoms with Crippen molar-refractivity contribution in [2.75, 3.05) is 5.73 Å². The van der Waals surface area contributed by atoms with Crippen LogP contribution in [0.3, 0.4) is 0 Å². The zero-order chi connectivity index (χ0) is 13.9. The Hall–Kier alpha value is -1.99. The van der Waals surface area contributed by atoms with Crippen LogP contribution in [-0.4, -0.2) is 19.7 Å². The third-order valence-corrected chi connectivity index (χ3v) is 4.40. The van der Waals surface area contributed by atoms with Crippen molar-refractivity contribution in [3.05, 3.63) is 46.8 Å². The lowest BCUT2D eigenvalue weighted by atomic mass is 10.3. The van der Waals surface area contributed by atoms with Crippen LogP contribution in [0.2, 0.25) is 0 Å². The van der Waals surface area contributed by atoms with E-state index < -0.39 is 9.84 Å². The molecule has 0 saturated heterocycles. The number of thiazole rings is 1. The number of carbonyl (C=O) groups excluding carboxylic acids is 1. The van der Waals surface area contributed by atoms with Gasteiger partial charge in [0.15, 0.2) is 5.13 Å². The zero-order valence-corrected chi connectivity index (χ0v) is 11.2. The van der Waals surface area contributed by atoms with Crippen molar-refractivity contribution < 1.29 is 13.2 Å². The van der Waals surface area contributed by atoms with Crippen LogP contribution in [0.15, 0.2) is 46.0 Å². The number of nitrogen functional groups attached to an aromatic ring is 1. The first-order valence-electron chi connectivity index (χ1n) is 5.14. The van der Waals surface area contributed by atoms with Crippen LogP contribution in [0.1, 0.15) is 5.69 Å². The van der Waals surface area contributed by atoms with E-state index in [1.807, 2.05) is 0 Å². The molecule has 0 aliphatic rings. The summed E-state index contributed by atoms with van der Waals surface area (Å²) in [4.78, 5) is 14.9. The van der Waals surface area contributed by atoms with Crippen molar-refractivity contribution in [2.24, 2.45) is 0 Å². The molecule has 1 aromatic heterocycles. The van der Waals surface area contributed by atoms with Crippen LogP contribution in [0.4, 0.5) is 5.13 Å². The first kappa shape index (κ1) is 13.4. The molecule has 0 aliphatic carbocycles. The normalized spacial score (nSPS) is 12.3. The highest BCUT2D eigenvalue weighted by Gasteiger charge is 2.15. The van der Waals surface area contributed by atoms with Gasteiger partial charge < -0.3 is 5.73 Å². The maximum atomic E-state index is 12.1. The largest absolute Gasteiger partial charge is 0.375 e. The van der Waals surface area contributed by atoms with E-state index in [-0.39, 0.29) is 21.3 Å². The van der Waals surface area contributed by atoms with Crippen LogP contribution >= 0.6 is 11.3 Å². The molecule has 2 rings (SSSR count). The molecule has 2 N–H and O–H groups in total.